The van der Waals surface area contributed by atoms with Crippen molar-refractivity contribution in [1.82, 2.24) is 0 Å². The van der Waals surface area contributed by atoms with Crippen LogP contribution in [-0.2, 0) is 21.9 Å². The third kappa shape index (κ3) is 6.82. The second-order valence-electron chi connectivity index (χ2n) is 2.85. The predicted molar refractivity (Wildman–Crippen MR) is 60.7 cm³/mol. The molecule has 2 aromatic carbocycles. The van der Waals surface area contributed by atoms with Crippen molar-refractivity contribution in [3.8, 4) is 0 Å². The van der Waals surface area contributed by atoms with Gasteiger partial charge in [0.2, 0.25) is 0 Å². The summed E-state index contributed by atoms with van der Waals surface area (Å²) in [6.45, 7) is 0. The van der Waals surface area contributed by atoms with Crippen molar-refractivity contribution in [2.24, 2.45) is 0 Å². The van der Waals surface area contributed by atoms with E-state index in [4.69, 9.17) is 5.11 Å². The van der Waals surface area contributed by atoms with E-state index in [9.17, 15) is 4.79 Å². The van der Waals surface area contributed by atoms with Gasteiger partial charge >= 0.3 is 17.1 Å². The Morgan fingerprint density at radius 1 is 1.12 bits per heavy atom. The first-order valence-corrected chi connectivity index (χ1v) is 4.58. The van der Waals surface area contributed by atoms with Crippen LogP contribution >= 0.6 is 0 Å². The van der Waals surface area contributed by atoms with E-state index < -0.39 is 5.97 Å². The van der Waals surface area contributed by atoms with E-state index in [1.54, 1.807) is 6.08 Å². The molecule has 0 aromatic heterocycles. The number of carbonyl (C=O) groups is 1. The molecule has 0 spiro atoms. The molecule has 0 aliphatic carbocycles. The smallest absolute Gasteiger partial charge is 0.485 e. The average molecular weight is 256 g/mol. The van der Waals surface area contributed by atoms with Crippen molar-refractivity contribution in [3.63, 3.8) is 0 Å². The van der Waals surface area contributed by atoms with Gasteiger partial charge in [0.05, 0.1) is 0 Å². The van der Waals surface area contributed by atoms with E-state index in [0.29, 0.717) is 0 Å². The van der Waals surface area contributed by atoms with Gasteiger partial charge in [-0.1, -0.05) is 0 Å². The van der Waals surface area contributed by atoms with Crippen molar-refractivity contribution in [2.75, 3.05) is 0 Å². The van der Waals surface area contributed by atoms with Crippen molar-refractivity contribution >= 4 is 12.0 Å². The number of aliphatic carboxylic acids is 1. The summed E-state index contributed by atoms with van der Waals surface area (Å²) >= 11 is 0. The summed E-state index contributed by atoms with van der Waals surface area (Å²) in [6, 6.07) is 17.4. The maximum absolute atomic E-state index is 10.0. The van der Waals surface area contributed by atoms with Crippen LogP contribution < -0.4 is 0 Å². The average Bonchev–Trinajstić information content (AvgIpc) is 2.91. The molecule has 0 bridgehead atoms. The van der Waals surface area contributed by atoms with Gasteiger partial charge in [0.1, 0.15) is 0 Å². The van der Waals surface area contributed by atoms with E-state index in [1.807, 2.05) is 54.6 Å². The Kier molecular flexibility index (Phi) is 7.86. The quantitative estimate of drug-likeness (QED) is 0.509. The van der Waals surface area contributed by atoms with Crippen molar-refractivity contribution in [2.45, 2.75) is 0 Å². The zero-order valence-corrected chi connectivity index (χ0v) is 9.66. The van der Waals surface area contributed by atoms with Crippen molar-refractivity contribution in [1.29, 1.82) is 0 Å². The molecule has 0 saturated carbocycles. The molecule has 0 aliphatic heterocycles. The van der Waals surface area contributed by atoms with E-state index in [0.717, 1.165) is 11.6 Å². The zero-order chi connectivity index (χ0) is 10.9. The molecule has 16 heavy (non-hydrogen) atoms. The molecule has 2 nitrogen and oxygen atoms in total. The second kappa shape index (κ2) is 8.71. The molecule has 0 saturated heterocycles. The number of hydrogen-bond acceptors (Lipinski definition) is 1. The van der Waals surface area contributed by atoms with Gasteiger partial charge in [-0.15, -0.1) is 23.8 Å². The number of hydrogen-bond donors (Lipinski definition) is 1. The minimum absolute atomic E-state index is 0. The van der Waals surface area contributed by atoms with Crippen LogP contribution in [0, 0.1) is 0 Å². The van der Waals surface area contributed by atoms with Crippen LogP contribution in [0.25, 0.3) is 6.08 Å². The van der Waals surface area contributed by atoms with Crippen LogP contribution in [0.2, 0.25) is 0 Å². The van der Waals surface area contributed by atoms with Gasteiger partial charge in [0, 0.05) is 0 Å². The van der Waals surface area contributed by atoms with E-state index in [-0.39, 0.29) is 17.1 Å². The Bertz CT molecular complexity index is 368. The Morgan fingerprint density at radius 3 is 2.06 bits per heavy atom. The van der Waals surface area contributed by atoms with Gasteiger partial charge in [-0.2, -0.15) is 30.3 Å². The maximum atomic E-state index is 10.0. The molecule has 0 fully saturated rings. The first-order chi connectivity index (χ1) is 7.29. The SMILES string of the molecule is O=C(O)/C=C/[c-]1cccc1.[Fe+2].c1cc[cH-]c1. The molecule has 0 unspecified atom stereocenters. The molecule has 2 aromatic rings. The summed E-state index contributed by atoms with van der Waals surface area (Å²) in [5.41, 5.74) is 0.919. The summed E-state index contributed by atoms with van der Waals surface area (Å²) in [5, 5.41) is 8.23. The molecule has 0 atom stereocenters. The Labute approximate surface area is 105 Å². The summed E-state index contributed by atoms with van der Waals surface area (Å²) in [4.78, 5) is 10.0. The van der Waals surface area contributed by atoms with Gasteiger partial charge in [0.15, 0.2) is 0 Å². The predicted octanol–water partition coefficient (Wildman–Crippen LogP) is 2.91. The Morgan fingerprint density at radius 2 is 1.69 bits per heavy atom. The van der Waals surface area contributed by atoms with Gasteiger partial charge in [-0.25, -0.2) is 12.1 Å². The Hall–Kier alpha value is -1.57. The summed E-state index contributed by atoms with van der Waals surface area (Å²) < 4.78 is 0. The molecule has 3 heteroatoms. The molecular formula is C13H12FeO2. The van der Waals surface area contributed by atoms with E-state index in [1.165, 1.54) is 0 Å². The van der Waals surface area contributed by atoms with Crippen LogP contribution in [0.3, 0.4) is 0 Å². The largest absolute Gasteiger partial charge is 2.00 e. The first kappa shape index (κ1) is 14.4. The van der Waals surface area contributed by atoms with Gasteiger partial charge in [-0.3, -0.25) is 4.79 Å². The minimum atomic E-state index is -0.916. The minimum Gasteiger partial charge on any atom is -0.485 e. The molecule has 0 heterocycles. The fourth-order valence-corrected chi connectivity index (χ4v) is 0.988. The fourth-order valence-electron chi connectivity index (χ4n) is 0.988. The molecular weight excluding hydrogens is 244 g/mol. The third-order valence-electron chi connectivity index (χ3n) is 1.66. The summed E-state index contributed by atoms with van der Waals surface area (Å²) in [5.74, 6) is -0.916. The molecule has 1 N–H and O–H groups in total. The molecule has 0 aliphatic rings. The monoisotopic (exact) mass is 256 g/mol. The number of carboxylic acids is 1. The number of rotatable bonds is 2. The van der Waals surface area contributed by atoms with Crippen LogP contribution in [0.15, 0.2) is 60.7 Å². The number of carboxylic acid groups (broad SMARTS) is 1. The first-order valence-electron chi connectivity index (χ1n) is 4.58. The van der Waals surface area contributed by atoms with Crippen LogP contribution in [-0.4, -0.2) is 11.1 Å². The van der Waals surface area contributed by atoms with Crippen molar-refractivity contribution in [3.05, 3.63) is 66.2 Å². The summed E-state index contributed by atoms with van der Waals surface area (Å²) in [7, 11) is 0. The molecule has 0 radical (unpaired) electrons. The molecule has 2 rings (SSSR count). The standard InChI is InChI=1S/C8H7O2.C5H5.Fe/c9-8(10)6-5-7-3-1-2-4-7;1-2-4-5-3-1;/h1-6H,(H,9,10);1-5H;/q2*-1;+2/b6-5+;;. The van der Waals surface area contributed by atoms with Crippen molar-refractivity contribution < 1.29 is 27.0 Å². The molecule has 0 amide bonds. The zero-order valence-electron chi connectivity index (χ0n) is 8.56. The second-order valence-corrected chi connectivity index (χ2v) is 2.85. The van der Waals surface area contributed by atoms with Crippen LogP contribution in [0.1, 0.15) is 5.56 Å². The Balaban J connectivity index is 0.000000318. The van der Waals surface area contributed by atoms with Gasteiger partial charge in [0.25, 0.3) is 5.97 Å². The topological polar surface area (TPSA) is 37.3 Å². The van der Waals surface area contributed by atoms with Gasteiger partial charge < -0.3 is 5.11 Å². The van der Waals surface area contributed by atoms with Gasteiger partial charge in [-0.05, 0) is 6.08 Å². The third-order valence-corrected chi connectivity index (χ3v) is 1.66. The fraction of sp³-hybridized carbons (Fsp3) is 0. The summed E-state index contributed by atoms with van der Waals surface area (Å²) in [6.07, 6.45) is 2.68. The van der Waals surface area contributed by atoms with E-state index in [2.05, 4.69) is 0 Å². The molecule has 84 valence electrons. The normalized spacial score (nSPS) is 9.00. The maximum Gasteiger partial charge on any atom is 2.00 e. The van der Waals surface area contributed by atoms with E-state index >= 15 is 0 Å². The van der Waals surface area contributed by atoms with Crippen LogP contribution in [0.5, 0.6) is 0 Å². The van der Waals surface area contributed by atoms with Crippen LogP contribution in [0.4, 0.5) is 0 Å².